The standard InChI is InChI=1S/C19H18N4O2S/c1-14-13-15-7-5-6-10-17(15)23(14)19-12-11-18(20-21-19)22-26(24,25)16-8-3-2-4-9-16/h2-12,14H,13H2,1H3,(H,20,22). The second-order valence-electron chi connectivity index (χ2n) is 6.25. The molecule has 0 spiro atoms. The van der Waals surface area contributed by atoms with Gasteiger partial charge in [-0.2, -0.15) is 0 Å². The fraction of sp³-hybridized carbons (Fsp3) is 0.158. The largest absolute Gasteiger partial charge is 0.321 e. The Bertz CT molecular complexity index is 1020. The number of fused-ring (bicyclic) bond motifs is 1. The molecule has 1 aromatic heterocycles. The van der Waals surface area contributed by atoms with Gasteiger partial charge in [0.25, 0.3) is 10.0 Å². The van der Waals surface area contributed by atoms with Gasteiger partial charge in [0.2, 0.25) is 0 Å². The first-order valence-electron chi connectivity index (χ1n) is 8.33. The van der Waals surface area contributed by atoms with E-state index in [1.807, 2.05) is 12.1 Å². The Balaban J connectivity index is 1.58. The molecule has 2 heterocycles. The van der Waals surface area contributed by atoms with E-state index in [2.05, 4.69) is 38.9 Å². The zero-order valence-electron chi connectivity index (χ0n) is 14.2. The minimum absolute atomic E-state index is 0.188. The number of sulfonamides is 1. The summed E-state index contributed by atoms with van der Waals surface area (Å²) in [4.78, 5) is 2.31. The first-order chi connectivity index (χ1) is 12.5. The summed E-state index contributed by atoms with van der Waals surface area (Å²) in [5, 5.41) is 8.30. The Morgan fingerprint density at radius 1 is 0.962 bits per heavy atom. The molecule has 1 aliphatic heterocycles. The van der Waals surface area contributed by atoms with E-state index in [1.165, 1.54) is 17.7 Å². The first-order valence-corrected chi connectivity index (χ1v) is 9.82. The summed E-state index contributed by atoms with van der Waals surface area (Å²) in [7, 11) is -3.67. The number of hydrogen-bond acceptors (Lipinski definition) is 5. The maximum absolute atomic E-state index is 12.4. The van der Waals surface area contributed by atoms with E-state index in [4.69, 9.17) is 0 Å². The van der Waals surface area contributed by atoms with Gasteiger partial charge in [0.05, 0.1) is 4.90 Å². The predicted octanol–water partition coefficient (Wildman–Crippen LogP) is 3.36. The Morgan fingerprint density at radius 2 is 1.69 bits per heavy atom. The highest BCUT2D eigenvalue weighted by Crippen LogP contribution is 2.36. The molecule has 0 saturated carbocycles. The average Bonchev–Trinajstić information content (AvgIpc) is 2.99. The van der Waals surface area contributed by atoms with Gasteiger partial charge in [-0.3, -0.25) is 4.72 Å². The molecule has 0 radical (unpaired) electrons. The summed E-state index contributed by atoms with van der Waals surface area (Å²) in [6, 6.07) is 20.1. The molecule has 3 aromatic rings. The van der Waals surface area contributed by atoms with Crippen LogP contribution in [0, 0.1) is 0 Å². The van der Waals surface area contributed by atoms with Crippen LogP contribution in [0.2, 0.25) is 0 Å². The highest BCUT2D eigenvalue weighted by atomic mass is 32.2. The molecule has 6 nitrogen and oxygen atoms in total. The van der Waals surface area contributed by atoms with Crippen molar-refractivity contribution in [1.29, 1.82) is 0 Å². The van der Waals surface area contributed by atoms with Crippen LogP contribution in [0.25, 0.3) is 0 Å². The third kappa shape index (κ3) is 3.01. The van der Waals surface area contributed by atoms with Crippen molar-refractivity contribution >= 4 is 27.3 Å². The second kappa shape index (κ2) is 6.42. The van der Waals surface area contributed by atoms with Crippen LogP contribution in [0.4, 0.5) is 17.3 Å². The summed E-state index contributed by atoms with van der Waals surface area (Å²) in [6.07, 6.45) is 0.945. The number of hydrogen-bond donors (Lipinski definition) is 1. The number of aromatic nitrogens is 2. The van der Waals surface area contributed by atoms with Gasteiger partial charge in [-0.25, -0.2) is 8.42 Å². The number of nitrogens with zero attached hydrogens (tertiary/aromatic N) is 3. The van der Waals surface area contributed by atoms with Gasteiger partial charge in [0, 0.05) is 11.7 Å². The van der Waals surface area contributed by atoms with E-state index in [1.54, 1.807) is 30.3 Å². The van der Waals surface area contributed by atoms with E-state index in [9.17, 15) is 8.42 Å². The predicted molar refractivity (Wildman–Crippen MR) is 101 cm³/mol. The normalized spacial score (nSPS) is 16.3. The summed E-state index contributed by atoms with van der Waals surface area (Å²) >= 11 is 0. The quantitative estimate of drug-likeness (QED) is 0.766. The van der Waals surface area contributed by atoms with Gasteiger partial charge in [-0.1, -0.05) is 36.4 Å². The topological polar surface area (TPSA) is 75.2 Å². The van der Waals surface area contributed by atoms with Crippen molar-refractivity contribution in [2.24, 2.45) is 0 Å². The lowest BCUT2D eigenvalue weighted by molar-refractivity contribution is 0.601. The smallest absolute Gasteiger partial charge is 0.263 e. The monoisotopic (exact) mass is 366 g/mol. The van der Waals surface area contributed by atoms with Gasteiger partial charge in [0.1, 0.15) is 0 Å². The highest BCUT2D eigenvalue weighted by Gasteiger charge is 2.28. The molecule has 0 aliphatic carbocycles. The van der Waals surface area contributed by atoms with Crippen LogP contribution in [0.5, 0.6) is 0 Å². The van der Waals surface area contributed by atoms with Crippen LogP contribution < -0.4 is 9.62 Å². The average molecular weight is 366 g/mol. The molecular formula is C19H18N4O2S. The number of benzene rings is 2. The van der Waals surface area contributed by atoms with Crippen molar-refractivity contribution < 1.29 is 8.42 Å². The number of para-hydroxylation sites is 1. The first kappa shape index (κ1) is 16.5. The second-order valence-corrected chi connectivity index (χ2v) is 7.93. The molecule has 1 atom stereocenters. The molecule has 0 amide bonds. The third-order valence-corrected chi connectivity index (χ3v) is 5.77. The Hall–Kier alpha value is -2.93. The van der Waals surface area contributed by atoms with E-state index < -0.39 is 10.0 Å². The molecule has 0 bridgehead atoms. The van der Waals surface area contributed by atoms with Crippen LogP contribution in [0.15, 0.2) is 71.6 Å². The molecule has 0 saturated heterocycles. The third-order valence-electron chi connectivity index (χ3n) is 4.40. The van der Waals surface area contributed by atoms with Gasteiger partial charge in [-0.05, 0) is 49.2 Å². The number of nitrogens with one attached hydrogen (secondary N) is 1. The maximum Gasteiger partial charge on any atom is 0.263 e. The number of anilines is 3. The van der Waals surface area contributed by atoms with Gasteiger partial charge in [-0.15, -0.1) is 10.2 Å². The van der Waals surface area contributed by atoms with Crippen LogP contribution in [0.1, 0.15) is 12.5 Å². The zero-order chi connectivity index (χ0) is 18.1. The van der Waals surface area contributed by atoms with Crippen molar-refractivity contribution in [3.8, 4) is 0 Å². The number of rotatable bonds is 4. The van der Waals surface area contributed by atoms with Crippen molar-refractivity contribution in [2.75, 3.05) is 9.62 Å². The van der Waals surface area contributed by atoms with Gasteiger partial charge in [0.15, 0.2) is 11.6 Å². The maximum atomic E-state index is 12.4. The van der Waals surface area contributed by atoms with Crippen molar-refractivity contribution in [3.05, 3.63) is 72.3 Å². The molecule has 0 fully saturated rings. The molecule has 1 aliphatic rings. The lowest BCUT2D eigenvalue weighted by atomic mass is 10.1. The Labute approximate surface area is 152 Å². The fourth-order valence-electron chi connectivity index (χ4n) is 3.22. The SMILES string of the molecule is CC1Cc2ccccc2N1c1ccc(NS(=O)(=O)c2ccccc2)nn1. The van der Waals surface area contributed by atoms with E-state index >= 15 is 0 Å². The van der Waals surface area contributed by atoms with Crippen molar-refractivity contribution in [1.82, 2.24) is 10.2 Å². The lowest BCUT2D eigenvalue weighted by Crippen LogP contribution is -2.25. The molecular weight excluding hydrogens is 348 g/mol. The van der Waals surface area contributed by atoms with Gasteiger partial charge >= 0.3 is 0 Å². The molecule has 2 aromatic carbocycles. The summed E-state index contributed by atoms with van der Waals surface area (Å²) in [5.74, 6) is 0.892. The van der Waals surface area contributed by atoms with Crippen molar-refractivity contribution in [3.63, 3.8) is 0 Å². The minimum atomic E-state index is -3.67. The van der Waals surface area contributed by atoms with Crippen molar-refractivity contribution in [2.45, 2.75) is 24.3 Å². The Morgan fingerprint density at radius 3 is 2.42 bits per heavy atom. The molecule has 132 valence electrons. The van der Waals surface area contributed by atoms with E-state index in [0.29, 0.717) is 5.82 Å². The van der Waals surface area contributed by atoms with Crippen LogP contribution in [-0.2, 0) is 16.4 Å². The lowest BCUT2D eigenvalue weighted by Gasteiger charge is -2.23. The highest BCUT2D eigenvalue weighted by molar-refractivity contribution is 7.92. The summed E-state index contributed by atoms with van der Waals surface area (Å²) in [5.41, 5.74) is 2.39. The van der Waals surface area contributed by atoms with Crippen LogP contribution >= 0.6 is 0 Å². The minimum Gasteiger partial charge on any atom is -0.321 e. The fourth-order valence-corrected chi connectivity index (χ4v) is 4.24. The molecule has 4 rings (SSSR count). The molecule has 7 heteroatoms. The summed E-state index contributed by atoms with van der Waals surface area (Å²) in [6.45, 7) is 2.13. The van der Waals surface area contributed by atoms with Crippen LogP contribution in [0.3, 0.4) is 0 Å². The van der Waals surface area contributed by atoms with E-state index in [0.717, 1.165) is 12.1 Å². The zero-order valence-corrected chi connectivity index (χ0v) is 15.0. The van der Waals surface area contributed by atoms with Crippen LogP contribution in [-0.4, -0.2) is 24.7 Å². The van der Waals surface area contributed by atoms with Gasteiger partial charge < -0.3 is 4.90 Å². The molecule has 26 heavy (non-hydrogen) atoms. The van der Waals surface area contributed by atoms with E-state index in [-0.39, 0.29) is 16.8 Å². The molecule has 1 N–H and O–H groups in total. The summed E-state index contributed by atoms with van der Waals surface area (Å²) < 4.78 is 27.2. The Kier molecular flexibility index (Phi) is 4.08. The molecule has 1 unspecified atom stereocenters.